The molecule has 0 saturated carbocycles. The number of nitrogens with zero attached hydrogens (tertiary/aromatic N) is 12. The predicted octanol–water partition coefficient (Wildman–Crippen LogP) is 25.7. The van der Waals surface area contributed by atoms with Crippen LogP contribution >= 0.6 is 0 Å². The van der Waals surface area contributed by atoms with Crippen LogP contribution in [0.25, 0.3) is 107 Å². The van der Waals surface area contributed by atoms with Crippen molar-refractivity contribution in [2.75, 3.05) is 128 Å². The molecular weight excluding hydrogens is 1590 g/mol. The number of benzene rings is 7. The fourth-order valence-electron chi connectivity index (χ4n) is 16.3. The fourth-order valence-corrected chi connectivity index (χ4v) is 16.3. The van der Waals surface area contributed by atoms with E-state index in [1.807, 2.05) is 73.6 Å². The van der Waals surface area contributed by atoms with Gasteiger partial charge < -0.3 is 43.6 Å². The van der Waals surface area contributed by atoms with Crippen LogP contribution in [0.2, 0.25) is 0 Å². The highest BCUT2D eigenvalue weighted by Gasteiger charge is 2.20. The maximum Gasteiger partial charge on any atom is 0.0892 e. The lowest BCUT2D eigenvalue weighted by molar-refractivity contribution is 0.117. The van der Waals surface area contributed by atoms with Crippen molar-refractivity contribution >= 4 is 107 Å². The van der Waals surface area contributed by atoms with Crippen LogP contribution in [0.15, 0.2) is 256 Å². The second kappa shape index (κ2) is 47.9. The third-order valence-electron chi connectivity index (χ3n) is 24.3. The number of rotatable bonds is 45. The van der Waals surface area contributed by atoms with Gasteiger partial charge in [-0.25, -0.2) is 0 Å². The number of likely N-dealkylation sites (N-methyl/N-ethyl adjacent to an activating group) is 3. The van der Waals surface area contributed by atoms with Crippen molar-refractivity contribution in [2.45, 2.75) is 103 Å². The largest absolute Gasteiger partial charge is 0.375 e. The lowest BCUT2D eigenvalue weighted by Gasteiger charge is -2.26. The minimum Gasteiger partial charge on any atom is -0.375 e. The van der Waals surface area contributed by atoms with Crippen molar-refractivity contribution in [3.05, 3.63) is 356 Å². The molecule has 0 saturated heterocycles. The average molecular weight is 1710 g/mol. The third kappa shape index (κ3) is 26.2. The lowest BCUT2D eigenvalue weighted by atomic mass is 9.89. The van der Waals surface area contributed by atoms with E-state index in [1.54, 1.807) is 0 Å². The van der Waals surface area contributed by atoms with Gasteiger partial charge >= 0.3 is 0 Å². The minimum absolute atomic E-state index is 0.467. The van der Waals surface area contributed by atoms with Crippen LogP contribution in [0.4, 0.5) is 34.1 Å². The van der Waals surface area contributed by atoms with E-state index in [-0.39, 0.29) is 0 Å². The zero-order valence-electron chi connectivity index (χ0n) is 77.5. The Kier molecular flexibility index (Phi) is 34.6. The molecule has 0 spiro atoms. The van der Waals surface area contributed by atoms with Gasteiger partial charge in [-0.1, -0.05) is 146 Å². The van der Waals surface area contributed by atoms with Crippen LogP contribution in [0, 0.1) is 20.8 Å². The average Bonchev–Trinajstić information content (AvgIpc) is 0.781. The van der Waals surface area contributed by atoms with Crippen LogP contribution in [0.1, 0.15) is 162 Å². The molecule has 13 aromatic rings. The summed E-state index contributed by atoms with van der Waals surface area (Å²) in [5.74, 6) is 0. The molecule has 0 unspecified atom stereocenters. The first-order valence-corrected chi connectivity index (χ1v) is 46.0. The minimum atomic E-state index is 0.467. The topological polar surface area (TPSA) is 124 Å². The molecule has 0 aliphatic carbocycles. The molecule has 15 heteroatoms. The highest BCUT2D eigenvalue weighted by atomic mass is 16.5. The number of ether oxygens (including phenoxy) is 3. The molecule has 129 heavy (non-hydrogen) atoms. The first-order valence-electron chi connectivity index (χ1n) is 46.0. The fraction of sp³-hybridized carbons (Fsp3) is 0.263. The van der Waals surface area contributed by atoms with E-state index in [2.05, 4.69) is 367 Å². The Morgan fingerprint density at radius 3 is 0.519 bits per heavy atom. The van der Waals surface area contributed by atoms with Crippen LogP contribution in [0.3, 0.4) is 0 Å². The standard InChI is InChI=1S/C114H126N12O3/c1-13-121(14-2)100-46-34-88(35-47-100)22-28-94-58-64-115-109(76-94)112-79-97(61-67-118-112)31-25-91-40-52-103(53-41-91)124(19-7)70-73-127-82-106-85(10)107(83-128-74-71-125(20-8)104-54-42-92(43-55-104)26-32-98-62-68-119-113(80-98)110-77-95(59-65-116-110)29-23-89-36-48-101(49-37-89)122(15-3)16-4)87(12)108(86(106)11)84-129-75-72-126(21-9)105-56-44-93(45-57-105)27-33-99-63-69-120-114(81-99)111-78-96(60-66-117-111)30-24-90-38-50-102(51-39-90)123(17-5)18-6/h22-69,76-81H,13-21,70-75,82-84H2,1-12H3/b28-22+,29-23+,30-24+,31-25+,32-26+,33-27+. The highest BCUT2D eigenvalue weighted by Crippen LogP contribution is 2.33. The van der Waals surface area contributed by atoms with E-state index in [0.29, 0.717) is 39.6 Å². The van der Waals surface area contributed by atoms with Crippen molar-refractivity contribution in [2.24, 2.45) is 0 Å². The van der Waals surface area contributed by atoms with Gasteiger partial charge in [0.05, 0.1) is 73.8 Å². The number of pyridine rings is 6. The van der Waals surface area contributed by atoms with Gasteiger partial charge in [-0.15, -0.1) is 0 Å². The number of aromatic nitrogens is 6. The highest BCUT2D eigenvalue weighted by molar-refractivity contribution is 5.79. The molecular formula is C114H126N12O3. The van der Waals surface area contributed by atoms with Crippen molar-refractivity contribution in [3.63, 3.8) is 0 Å². The second-order valence-corrected chi connectivity index (χ2v) is 32.1. The molecule has 7 aromatic carbocycles. The van der Waals surface area contributed by atoms with Crippen LogP contribution in [-0.4, -0.2) is 128 Å². The zero-order valence-corrected chi connectivity index (χ0v) is 77.5. The molecule has 0 radical (unpaired) electrons. The SMILES string of the molecule is CCN(CC)c1ccc(/C=C/c2ccnc(-c3cc(/C=C/c4ccc(N(CC)CCOCc5c(C)c(COCCN(CC)c6ccc(/C=C/c7ccnc(-c8cc(/C=C/c9ccc(N(CC)CC)cc9)ccn8)c7)cc6)c(C)c(COCCN(CC)c6ccc(/C=C/c7ccnc(-c8cc(/C=C/c9ccc(N(CC)CC)cc9)ccn8)c7)cc6)c5C)cc4)ccn3)c2)cc1. The van der Waals surface area contributed by atoms with E-state index in [1.165, 1.54) is 50.4 Å². The zero-order chi connectivity index (χ0) is 90.1. The van der Waals surface area contributed by atoms with Gasteiger partial charge in [0, 0.05) is 150 Å². The van der Waals surface area contributed by atoms with E-state index >= 15 is 0 Å². The van der Waals surface area contributed by atoms with Gasteiger partial charge in [0.1, 0.15) is 0 Å². The molecule has 0 amide bonds. The first kappa shape index (κ1) is 93.2. The van der Waals surface area contributed by atoms with Gasteiger partial charge in [-0.3, -0.25) is 29.9 Å². The molecule has 0 aliphatic rings. The first-order chi connectivity index (χ1) is 63.2. The molecule has 6 heterocycles. The lowest BCUT2D eigenvalue weighted by Crippen LogP contribution is -2.27. The Bertz CT molecular complexity index is 5310. The molecule has 0 bridgehead atoms. The van der Waals surface area contributed by atoms with Crippen molar-refractivity contribution in [3.8, 4) is 34.2 Å². The van der Waals surface area contributed by atoms with Crippen LogP contribution in [-0.2, 0) is 34.0 Å². The maximum absolute atomic E-state index is 6.75. The summed E-state index contributed by atoms with van der Waals surface area (Å²) in [6.07, 6.45) is 36.9. The predicted molar refractivity (Wildman–Crippen MR) is 549 cm³/mol. The summed E-state index contributed by atoms with van der Waals surface area (Å²) in [7, 11) is 0. The van der Waals surface area contributed by atoms with Gasteiger partial charge in [-0.05, 0) is 329 Å². The van der Waals surface area contributed by atoms with Gasteiger partial charge in [-0.2, -0.15) is 0 Å². The van der Waals surface area contributed by atoms with Gasteiger partial charge in [0.25, 0.3) is 0 Å². The number of hydrogen-bond acceptors (Lipinski definition) is 15. The molecule has 0 N–H and O–H groups in total. The van der Waals surface area contributed by atoms with E-state index < -0.39 is 0 Å². The van der Waals surface area contributed by atoms with Gasteiger partial charge in [0.15, 0.2) is 0 Å². The number of hydrogen-bond donors (Lipinski definition) is 0. The Balaban J connectivity index is 0.633. The third-order valence-corrected chi connectivity index (χ3v) is 24.3. The molecule has 0 atom stereocenters. The van der Waals surface area contributed by atoms with Crippen LogP contribution < -0.4 is 29.4 Å². The maximum atomic E-state index is 6.75. The molecule has 15 nitrogen and oxygen atoms in total. The van der Waals surface area contributed by atoms with Crippen molar-refractivity contribution < 1.29 is 14.2 Å². The molecule has 6 aromatic heterocycles. The quantitative estimate of drug-likeness (QED) is 0.0336. The molecule has 660 valence electrons. The van der Waals surface area contributed by atoms with Crippen molar-refractivity contribution in [1.82, 2.24) is 29.9 Å². The monoisotopic (exact) mass is 1710 g/mol. The Labute approximate surface area is 767 Å². The number of anilines is 6. The molecule has 0 aliphatic heterocycles. The summed E-state index contributed by atoms with van der Waals surface area (Å²) in [6, 6.07) is 77.3. The summed E-state index contributed by atoms with van der Waals surface area (Å²) in [6.45, 7) is 40.2. The van der Waals surface area contributed by atoms with Crippen LogP contribution in [0.5, 0.6) is 0 Å². The molecule has 0 fully saturated rings. The van der Waals surface area contributed by atoms with Crippen molar-refractivity contribution in [1.29, 1.82) is 0 Å². The smallest absolute Gasteiger partial charge is 0.0892 e. The van der Waals surface area contributed by atoms with E-state index in [9.17, 15) is 0 Å². The second-order valence-electron chi connectivity index (χ2n) is 32.1. The summed E-state index contributed by atoms with van der Waals surface area (Å²) >= 11 is 0. The van der Waals surface area contributed by atoms with E-state index in [4.69, 9.17) is 44.1 Å². The summed E-state index contributed by atoms with van der Waals surface area (Å²) in [5, 5.41) is 0. The Morgan fingerprint density at radius 1 is 0.202 bits per heavy atom. The summed E-state index contributed by atoms with van der Waals surface area (Å²) in [4.78, 5) is 42.5. The van der Waals surface area contributed by atoms with Gasteiger partial charge in [0.2, 0.25) is 0 Å². The van der Waals surface area contributed by atoms with E-state index in [0.717, 1.165) is 197 Å². The normalized spacial score (nSPS) is 11.7. The summed E-state index contributed by atoms with van der Waals surface area (Å²) in [5.41, 5.74) is 32.4. The molecule has 13 rings (SSSR count). The Hall–Kier alpha value is -13.4. The summed E-state index contributed by atoms with van der Waals surface area (Å²) < 4.78 is 20.2. The Morgan fingerprint density at radius 2 is 0.357 bits per heavy atom.